The Hall–Kier alpha value is -1.63. The van der Waals surface area contributed by atoms with E-state index in [4.69, 9.17) is 9.84 Å². The van der Waals surface area contributed by atoms with E-state index in [0.29, 0.717) is 13.1 Å². The quantitative estimate of drug-likeness (QED) is 0.769. The lowest BCUT2D eigenvalue weighted by Gasteiger charge is -2.43. The van der Waals surface area contributed by atoms with Crippen LogP contribution in [0.1, 0.15) is 24.0 Å². The smallest absolute Gasteiger partial charge is 0.407 e. The summed E-state index contributed by atoms with van der Waals surface area (Å²) in [6.07, 6.45) is 0.361. The van der Waals surface area contributed by atoms with E-state index in [9.17, 15) is 15.0 Å². The molecule has 0 aromatic heterocycles. The molecule has 1 aliphatic carbocycles. The Kier molecular flexibility index (Phi) is 4.57. The standard InChI is InChI=1S/C17H23NO5/c19-10-13(20)11-23-15-9-12-3-1-2-4-14(12)17(15)5-7-18(8-6-17)16(21)22/h1-4,13,15,19-20H,5-11H2,(H,21,22)/t13?,15-/m0/s1. The van der Waals surface area contributed by atoms with Gasteiger partial charge in [0.2, 0.25) is 0 Å². The predicted octanol–water partition coefficient (Wildman–Crippen LogP) is 0.993. The van der Waals surface area contributed by atoms with Crippen LogP contribution in [0.2, 0.25) is 0 Å². The molecule has 3 rings (SSSR count). The third-order valence-corrected chi connectivity index (χ3v) is 5.20. The Bertz CT molecular complexity index is 568. The predicted molar refractivity (Wildman–Crippen MR) is 83.5 cm³/mol. The van der Waals surface area contributed by atoms with Crippen molar-refractivity contribution in [3.8, 4) is 0 Å². The number of aliphatic hydroxyl groups excluding tert-OH is 2. The topological polar surface area (TPSA) is 90.2 Å². The molecule has 2 atom stereocenters. The second-order valence-corrected chi connectivity index (χ2v) is 6.45. The van der Waals surface area contributed by atoms with Crippen molar-refractivity contribution in [1.82, 2.24) is 4.90 Å². The fourth-order valence-corrected chi connectivity index (χ4v) is 3.94. The monoisotopic (exact) mass is 321 g/mol. The van der Waals surface area contributed by atoms with Gasteiger partial charge in [-0.2, -0.15) is 0 Å². The van der Waals surface area contributed by atoms with E-state index < -0.39 is 12.2 Å². The number of hydrogen-bond donors (Lipinski definition) is 3. The minimum absolute atomic E-state index is 0.0861. The number of piperidine rings is 1. The molecule has 0 bridgehead atoms. The largest absolute Gasteiger partial charge is 0.465 e. The zero-order valence-corrected chi connectivity index (χ0v) is 13.0. The number of carboxylic acid groups (broad SMARTS) is 1. The summed E-state index contributed by atoms with van der Waals surface area (Å²) >= 11 is 0. The maximum absolute atomic E-state index is 11.2. The molecule has 1 aliphatic heterocycles. The maximum atomic E-state index is 11.2. The average Bonchev–Trinajstić information content (AvgIpc) is 2.87. The molecule has 23 heavy (non-hydrogen) atoms. The van der Waals surface area contributed by atoms with Crippen molar-refractivity contribution in [2.24, 2.45) is 0 Å². The number of fused-ring (bicyclic) bond motifs is 2. The maximum Gasteiger partial charge on any atom is 0.407 e. The Morgan fingerprint density at radius 1 is 1.35 bits per heavy atom. The van der Waals surface area contributed by atoms with Gasteiger partial charge in [0.05, 0.1) is 19.3 Å². The van der Waals surface area contributed by atoms with Gasteiger partial charge in [0.25, 0.3) is 0 Å². The van der Waals surface area contributed by atoms with Crippen molar-refractivity contribution in [1.29, 1.82) is 0 Å². The summed E-state index contributed by atoms with van der Waals surface area (Å²) in [5.74, 6) is 0. The number of nitrogens with zero attached hydrogens (tertiary/aromatic N) is 1. The molecule has 0 radical (unpaired) electrons. The molecular formula is C17H23NO5. The highest BCUT2D eigenvalue weighted by Crippen LogP contribution is 2.47. The van der Waals surface area contributed by atoms with Gasteiger partial charge in [-0.05, 0) is 30.4 Å². The molecular weight excluding hydrogens is 298 g/mol. The number of hydrogen-bond acceptors (Lipinski definition) is 4. The van der Waals surface area contributed by atoms with Crippen LogP contribution in [0.15, 0.2) is 24.3 Å². The molecule has 3 N–H and O–H groups in total. The van der Waals surface area contributed by atoms with Crippen molar-refractivity contribution in [3.63, 3.8) is 0 Å². The van der Waals surface area contributed by atoms with Crippen LogP contribution in [-0.4, -0.2) is 64.8 Å². The van der Waals surface area contributed by atoms with Crippen LogP contribution in [0.4, 0.5) is 4.79 Å². The second kappa shape index (κ2) is 6.47. The first-order chi connectivity index (χ1) is 11.1. The first-order valence-corrected chi connectivity index (χ1v) is 8.03. The highest BCUT2D eigenvalue weighted by atomic mass is 16.5. The van der Waals surface area contributed by atoms with E-state index in [1.54, 1.807) is 0 Å². The summed E-state index contributed by atoms with van der Waals surface area (Å²) in [7, 11) is 0. The molecule has 1 saturated heterocycles. The Balaban J connectivity index is 1.82. The van der Waals surface area contributed by atoms with Gasteiger partial charge < -0.3 is 25.0 Å². The molecule has 6 nitrogen and oxygen atoms in total. The Morgan fingerprint density at radius 2 is 2.04 bits per heavy atom. The number of aliphatic hydroxyl groups is 2. The van der Waals surface area contributed by atoms with Crippen LogP contribution >= 0.6 is 0 Å². The molecule has 1 amide bonds. The normalized spacial score (nSPS) is 23.7. The van der Waals surface area contributed by atoms with Gasteiger partial charge in [0.15, 0.2) is 0 Å². The highest BCUT2D eigenvalue weighted by molar-refractivity contribution is 5.65. The Labute approximate surface area is 135 Å². The van der Waals surface area contributed by atoms with Gasteiger partial charge >= 0.3 is 6.09 Å². The van der Waals surface area contributed by atoms with E-state index in [1.165, 1.54) is 16.0 Å². The molecule has 2 aliphatic rings. The van der Waals surface area contributed by atoms with Gasteiger partial charge in [-0.15, -0.1) is 0 Å². The molecule has 6 heteroatoms. The first-order valence-electron chi connectivity index (χ1n) is 8.03. The Morgan fingerprint density at radius 3 is 2.70 bits per heavy atom. The summed E-state index contributed by atoms with van der Waals surface area (Å²) in [4.78, 5) is 12.6. The molecule has 1 spiro atoms. The highest BCUT2D eigenvalue weighted by Gasteiger charge is 2.49. The van der Waals surface area contributed by atoms with E-state index in [2.05, 4.69) is 12.1 Å². The fourth-order valence-electron chi connectivity index (χ4n) is 3.94. The summed E-state index contributed by atoms with van der Waals surface area (Å²) in [5.41, 5.74) is 2.28. The van der Waals surface area contributed by atoms with Crippen molar-refractivity contribution >= 4 is 6.09 Å². The van der Waals surface area contributed by atoms with Crippen LogP contribution in [0.3, 0.4) is 0 Å². The molecule has 0 saturated carbocycles. The first kappa shape index (κ1) is 16.2. The SMILES string of the molecule is O=C(O)N1CCC2(CC1)c1ccccc1C[C@@H]2OCC(O)CO. The molecule has 126 valence electrons. The van der Waals surface area contributed by atoms with Crippen LogP contribution < -0.4 is 0 Å². The number of carbonyl (C=O) groups is 1. The summed E-state index contributed by atoms with van der Waals surface area (Å²) in [6.45, 7) is 0.761. The average molecular weight is 321 g/mol. The van der Waals surface area contributed by atoms with E-state index in [1.807, 2.05) is 12.1 Å². The summed E-state index contributed by atoms with van der Waals surface area (Å²) in [6, 6.07) is 8.21. The van der Waals surface area contributed by atoms with E-state index in [-0.39, 0.29) is 24.7 Å². The number of likely N-dealkylation sites (tertiary alicyclic amines) is 1. The molecule has 1 fully saturated rings. The minimum Gasteiger partial charge on any atom is -0.465 e. The van der Waals surface area contributed by atoms with Gasteiger partial charge in [-0.25, -0.2) is 4.79 Å². The van der Waals surface area contributed by atoms with Crippen LogP contribution in [0.5, 0.6) is 0 Å². The number of amides is 1. The van der Waals surface area contributed by atoms with Gasteiger partial charge in [-0.1, -0.05) is 24.3 Å². The van der Waals surface area contributed by atoms with Crippen molar-refractivity contribution in [3.05, 3.63) is 35.4 Å². The molecule has 1 heterocycles. The van der Waals surface area contributed by atoms with Crippen molar-refractivity contribution < 1.29 is 24.9 Å². The lowest BCUT2D eigenvalue weighted by Crippen LogP contribution is -2.50. The zero-order chi connectivity index (χ0) is 16.4. The molecule has 1 aromatic carbocycles. The van der Waals surface area contributed by atoms with Crippen LogP contribution in [-0.2, 0) is 16.6 Å². The minimum atomic E-state index is -0.880. The third-order valence-electron chi connectivity index (χ3n) is 5.20. The molecule has 1 aromatic rings. The zero-order valence-electron chi connectivity index (χ0n) is 13.0. The van der Waals surface area contributed by atoms with E-state index >= 15 is 0 Å². The fraction of sp³-hybridized carbons (Fsp3) is 0.588. The second-order valence-electron chi connectivity index (χ2n) is 6.45. The third kappa shape index (κ3) is 2.94. The van der Waals surface area contributed by atoms with Gasteiger partial charge in [0, 0.05) is 18.5 Å². The van der Waals surface area contributed by atoms with Crippen LogP contribution in [0, 0.1) is 0 Å². The van der Waals surface area contributed by atoms with Gasteiger partial charge in [-0.3, -0.25) is 0 Å². The van der Waals surface area contributed by atoms with Crippen molar-refractivity contribution in [2.75, 3.05) is 26.3 Å². The lowest BCUT2D eigenvalue weighted by atomic mass is 9.72. The summed E-state index contributed by atoms with van der Waals surface area (Å²) < 4.78 is 5.95. The van der Waals surface area contributed by atoms with Crippen LogP contribution in [0.25, 0.3) is 0 Å². The number of benzene rings is 1. The number of rotatable bonds is 4. The summed E-state index contributed by atoms with van der Waals surface area (Å²) in [5, 5.41) is 27.7. The number of ether oxygens (including phenoxy) is 1. The van der Waals surface area contributed by atoms with E-state index in [0.717, 1.165) is 19.3 Å². The van der Waals surface area contributed by atoms with Gasteiger partial charge in [0.1, 0.15) is 6.10 Å². The molecule has 1 unspecified atom stereocenters. The van der Waals surface area contributed by atoms with Crippen molar-refractivity contribution in [2.45, 2.75) is 36.9 Å². The lowest BCUT2D eigenvalue weighted by molar-refractivity contribution is -0.0627.